The number of nitrogens with zero attached hydrogens (tertiary/aromatic N) is 2. The molecule has 0 aromatic carbocycles. The summed E-state index contributed by atoms with van der Waals surface area (Å²) in [6, 6.07) is -0.469. The van der Waals surface area contributed by atoms with E-state index in [1.807, 2.05) is 0 Å². The van der Waals surface area contributed by atoms with Gasteiger partial charge in [-0.15, -0.1) is 0 Å². The van der Waals surface area contributed by atoms with Crippen LogP contribution >= 0.6 is 0 Å². The Morgan fingerprint density at radius 2 is 2.22 bits per heavy atom. The Morgan fingerprint density at radius 1 is 1.39 bits per heavy atom. The topological polar surface area (TPSA) is 84.0 Å². The second-order valence-electron chi connectivity index (χ2n) is 4.36. The molecule has 0 spiro atoms. The largest absolute Gasteiger partial charge is 0.354 e. The molecule has 1 aliphatic rings. The van der Waals surface area contributed by atoms with E-state index in [-0.39, 0.29) is 17.5 Å². The normalized spacial score (nSPS) is 19.8. The molecule has 1 fully saturated rings. The first-order valence-electron chi connectivity index (χ1n) is 6.04. The summed E-state index contributed by atoms with van der Waals surface area (Å²) >= 11 is 0. The van der Waals surface area contributed by atoms with Crippen LogP contribution in [0.4, 0.5) is 0 Å². The Labute approximate surface area is 105 Å². The van der Waals surface area contributed by atoms with Gasteiger partial charge in [0.1, 0.15) is 11.7 Å². The van der Waals surface area contributed by atoms with Gasteiger partial charge in [-0.3, -0.25) is 14.6 Å². The van der Waals surface area contributed by atoms with Gasteiger partial charge in [-0.05, 0) is 26.2 Å². The molecule has 6 nitrogen and oxygen atoms in total. The molecule has 18 heavy (non-hydrogen) atoms. The zero-order chi connectivity index (χ0) is 13.0. The highest BCUT2D eigenvalue weighted by Gasteiger charge is 2.23. The third-order valence-electron chi connectivity index (χ3n) is 2.85. The first-order valence-corrected chi connectivity index (χ1v) is 6.04. The van der Waals surface area contributed by atoms with Crippen LogP contribution in [0.2, 0.25) is 0 Å². The first-order chi connectivity index (χ1) is 8.66. The predicted molar refractivity (Wildman–Crippen MR) is 64.9 cm³/mol. The van der Waals surface area contributed by atoms with Crippen LogP contribution in [0, 0.1) is 6.92 Å². The van der Waals surface area contributed by atoms with Crippen LogP contribution in [0.3, 0.4) is 0 Å². The van der Waals surface area contributed by atoms with Crippen molar-refractivity contribution < 1.29 is 9.59 Å². The number of hydrogen-bond acceptors (Lipinski definition) is 4. The van der Waals surface area contributed by atoms with Gasteiger partial charge in [0, 0.05) is 12.7 Å². The molecule has 0 aliphatic carbocycles. The van der Waals surface area contributed by atoms with Gasteiger partial charge in [-0.1, -0.05) is 0 Å². The van der Waals surface area contributed by atoms with E-state index in [0.29, 0.717) is 13.0 Å². The molecule has 0 radical (unpaired) electrons. The fourth-order valence-corrected chi connectivity index (χ4v) is 1.82. The highest BCUT2D eigenvalue weighted by Crippen LogP contribution is 2.06. The lowest BCUT2D eigenvalue weighted by atomic mass is 10.1. The molecule has 1 aliphatic heterocycles. The van der Waals surface area contributed by atoms with Crippen molar-refractivity contribution in [3.63, 3.8) is 0 Å². The maximum Gasteiger partial charge on any atom is 0.272 e. The van der Waals surface area contributed by atoms with E-state index in [0.717, 1.165) is 18.5 Å². The van der Waals surface area contributed by atoms with Crippen LogP contribution in [0.5, 0.6) is 0 Å². The minimum Gasteiger partial charge on any atom is -0.354 e. The van der Waals surface area contributed by atoms with Crippen molar-refractivity contribution in [2.75, 3.05) is 6.54 Å². The van der Waals surface area contributed by atoms with Gasteiger partial charge in [-0.25, -0.2) is 4.98 Å². The molecule has 1 atom stereocenters. The van der Waals surface area contributed by atoms with Crippen molar-refractivity contribution >= 4 is 11.8 Å². The molecule has 0 bridgehead atoms. The van der Waals surface area contributed by atoms with Crippen LogP contribution in [-0.4, -0.2) is 34.4 Å². The summed E-state index contributed by atoms with van der Waals surface area (Å²) in [7, 11) is 0. The summed E-state index contributed by atoms with van der Waals surface area (Å²) < 4.78 is 0. The average Bonchev–Trinajstić information content (AvgIpc) is 2.56. The molecule has 96 valence electrons. The fraction of sp³-hybridized carbons (Fsp3) is 0.500. The van der Waals surface area contributed by atoms with Gasteiger partial charge < -0.3 is 10.6 Å². The summed E-state index contributed by atoms with van der Waals surface area (Å²) in [5.74, 6) is -0.481. The summed E-state index contributed by atoms with van der Waals surface area (Å²) in [5.41, 5.74) is 0.983. The minimum atomic E-state index is -0.469. The monoisotopic (exact) mass is 248 g/mol. The second-order valence-corrected chi connectivity index (χ2v) is 4.36. The summed E-state index contributed by atoms with van der Waals surface area (Å²) in [4.78, 5) is 31.6. The van der Waals surface area contributed by atoms with Crippen molar-refractivity contribution in [1.29, 1.82) is 0 Å². The maximum absolute atomic E-state index is 11.9. The molecular formula is C12H16N4O2. The zero-order valence-electron chi connectivity index (χ0n) is 10.3. The van der Waals surface area contributed by atoms with Crippen molar-refractivity contribution in [2.24, 2.45) is 0 Å². The van der Waals surface area contributed by atoms with Gasteiger partial charge in [-0.2, -0.15) is 0 Å². The number of carbonyl (C=O) groups excluding carboxylic acids is 2. The quantitative estimate of drug-likeness (QED) is 0.782. The molecular weight excluding hydrogens is 232 g/mol. The molecule has 1 aromatic rings. The Bertz CT molecular complexity index is 444. The SMILES string of the molecule is Cc1cnc(C(=O)N[C@@H]2CCCCNC2=O)cn1. The van der Waals surface area contributed by atoms with Crippen LogP contribution < -0.4 is 10.6 Å². The van der Waals surface area contributed by atoms with E-state index in [1.54, 1.807) is 6.92 Å². The van der Waals surface area contributed by atoms with Crippen LogP contribution in [0.25, 0.3) is 0 Å². The van der Waals surface area contributed by atoms with Gasteiger partial charge in [0.15, 0.2) is 0 Å². The Balaban J connectivity index is 2.01. The van der Waals surface area contributed by atoms with Gasteiger partial charge in [0.2, 0.25) is 5.91 Å². The molecule has 1 aromatic heterocycles. The molecule has 0 saturated carbocycles. The molecule has 2 heterocycles. The van der Waals surface area contributed by atoms with Crippen molar-refractivity contribution in [1.82, 2.24) is 20.6 Å². The predicted octanol–water partition coefficient (Wildman–Crippen LogP) is 0.184. The molecule has 2 N–H and O–H groups in total. The summed E-state index contributed by atoms with van der Waals surface area (Å²) in [6.45, 7) is 2.48. The number of hydrogen-bond donors (Lipinski definition) is 2. The third kappa shape index (κ3) is 3.03. The Hall–Kier alpha value is -1.98. The maximum atomic E-state index is 11.9. The lowest BCUT2D eigenvalue weighted by Crippen LogP contribution is -2.45. The van der Waals surface area contributed by atoms with E-state index in [2.05, 4.69) is 20.6 Å². The fourth-order valence-electron chi connectivity index (χ4n) is 1.82. The van der Waals surface area contributed by atoms with E-state index in [1.165, 1.54) is 12.4 Å². The molecule has 2 amide bonds. The van der Waals surface area contributed by atoms with E-state index in [4.69, 9.17) is 0 Å². The number of carbonyl (C=O) groups is 2. The van der Waals surface area contributed by atoms with Crippen molar-refractivity contribution in [3.05, 3.63) is 23.8 Å². The van der Waals surface area contributed by atoms with E-state index >= 15 is 0 Å². The first kappa shape index (κ1) is 12.5. The lowest BCUT2D eigenvalue weighted by Gasteiger charge is -2.14. The summed E-state index contributed by atoms with van der Waals surface area (Å²) in [6.07, 6.45) is 5.48. The summed E-state index contributed by atoms with van der Waals surface area (Å²) in [5, 5.41) is 5.46. The van der Waals surface area contributed by atoms with Gasteiger partial charge >= 0.3 is 0 Å². The average molecular weight is 248 g/mol. The number of amides is 2. The molecule has 2 rings (SSSR count). The van der Waals surface area contributed by atoms with Crippen LogP contribution in [0.15, 0.2) is 12.4 Å². The Kier molecular flexibility index (Phi) is 3.86. The molecule has 1 saturated heterocycles. The number of nitrogens with one attached hydrogen (secondary N) is 2. The van der Waals surface area contributed by atoms with Crippen LogP contribution in [-0.2, 0) is 4.79 Å². The number of aryl methyl sites for hydroxylation is 1. The second kappa shape index (κ2) is 5.57. The smallest absolute Gasteiger partial charge is 0.272 e. The standard InChI is InChI=1S/C12H16N4O2/c1-8-6-15-10(7-14-8)12(18)16-9-4-2-3-5-13-11(9)17/h6-7,9H,2-5H2,1H3,(H,13,17)(H,16,18)/t9-/m1/s1. The highest BCUT2D eigenvalue weighted by molar-refractivity contribution is 5.95. The van der Waals surface area contributed by atoms with Crippen molar-refractivity contribution in [3.8, 4) is 0 Å². The number of aromatic nitrogens is 2. The van der Waals surface area contributed by atoms with E-state index < -0.39 is 6.04 Å². The van der Waals surface area contributed by atoms with Gasteiger partial charge in [0.05, 0.1) is 11.9 Å². The lowest BCUT2D eigenvalue weighted by molar-refractivity contribution is -0.122. The van der Waals surface area contributed by atoms with E-state index in [9.17, 15) is 9.59 Å². The highest BCUT2D eigenvalue weighted by atomic mass is 16.2. The zero-order valence-corrected chi connectivity index (χ0v) is 10.3. The molecule has 0 unspecified atom stereocenters. The number of rotatable bonds is 2. The van der Waals surface area contributed by atoms with Crippen molar-refractivity contribution in [2.45, 2.75) is 32.2 Å². The molecule has 6 heteroatoms. The third-order valence-corrected chi connectivity index (χ3v) is 2.85. The minimum absolute atomic E-state index is 0.124. The van der Waals surface area contributed by atoms with Crippen LogP contribution in [0.1, 0.15) is 35.4 Å². The van der Waals surface area contributed by atoms with Gasteiger partial charge in [0.25, 0.3) is 5.91 Å². The Morgan fingerprint density at radius 3 is 2.94 bits per heavy atom.